The molecule has 1 heterocycles. The summed E-state index contributed by atoms with van der Waals surface area (Å²) in [5.74, 6) is 0.332. The summed E-state index contributed by atoms with van der Waals surface area (Å²) in [6.07, 6.45) is 6.65. The predicted octanol–water partition coefficient (Wildman–Crippen LogP) is 6.61. The molecule has 4 rings (SSSR count). The zero-order valence-electron chi connectivity index (χ0n) is 18.3. The van der Waals surface area contributed by atoms with E-state index in [-0.39, 0.29) is 30.0 Å². The van der Waals surface area contributed by atoms with Gasteiger partial charge in [-0.05, 0) is 55.2 Å². The maximum absolute atomic E-state index is 13.9. The molecule has 2 unspecified atom stereocenters. The van der Waals surface area contributed by atoms with Crippen molar-refractivity contribution >= 4 is 31.5 Å². The molecular weight excluding hydrogens is 435 g/mol. The maximum Gasteiger partial charge on any atom is 0.418 e. The van der Waals surface area contributed by atoms with Crippen molar-refractivity contribution in [2.45, 2.75) is 89.4 Å². The third kappa shape index (κ3) is 4.98. The summed E-state index contributed by atoms with van der Waals surface area (Å²) in [4.78, 5) is 13.5. The lowest BCUT2D eigenvalue weighted by atomic mass is 9.95. The Morgan fingerprint density at radius 1 is 1.10 bits per heavy atom. The Hall–Kier alpha value is -1.05. The molecule has 2 saturated carbocycles. The van der Waals surface area contributed by atoms with E-state index in [9.17, 15) is 14.5 Å². The molecule has 9 heteroatoms. The molecule has 0 radical (unpaired) electrons. The first kappa shape index (κ1) is 23.1. The fourth-order valence-electron chi connectivity index (χ4n) is 4.83. The summed E-state index contributed by atoms with van der Waals surface area (Å²) in [5.41, 5.74) is 1.65. The van der Waals surface area contributed by atoms with Crippen LogP contribution >= 0.6 is 19.7 Å². The topological polar surface area (TPSA) is 79.3 Å². The van der Waals surface area contributed by atoms with Gasteiger partial charge in [0.25, 0.3) is 0 Å². The van der Waals surface area contributed by atoms with Crippen LogP contribution in [0.5, 0.6) is 0 Å². The van der Waals surface area contributed by atoms with Crippen LogP contribution < -0.4 is 4.90 Å². The van der Waals surface area contributed by atoms with E-state index in [1.54, 1.807) is 4.08 Å². The molecule has 31 heavy (non-hydrogen) atoms. The van der Waals surface area contributed by atoms with E-state index in [1.165, 1.54) is 16.8 Å². The van der Waals surface area contributed by atoms with E-state index < -0.39 is 13.8 Å². The van der Waals surface area contributed by atoms with Gasteiger partial charge in [-0.3, -0.25) is 13.9 Å². The smallest absolute Gasteiger partial charge is 0.418 e. The molecule has 1 aliphatic heterocycles. The SMILES string of the molecule is CC(C)c1ccccc1N(CSN(C1CCCC1)P1(=O)OC2CCCCC2O1)C(=O)O. The van der Waals surface area contributed by atoms with Gasteiger partial charge < -0.3 is 5.11 Å². The molecule has 7 nitrogen and oxygen atoms in total. The largest absolute Gasteiger partial charge is 0.465 e. The summed E-state index contributed by atoms with van der Waals surface area (Å²) in [5, 5.41) is 9.97. The first-order valence-corrected chi connectivity index (χ1v) is 13.8. The highest BCUT2D eigenvalue weighted by Gasteiger charge is 2.52. The Morgan fingerprint density at radius 2 is 1.68 bits per heavy atom. The lowest BCUT2D eigenvalue weighted by molar-refractivity contribution is 0.110. The van der Waals surface area contributed by atoms with E-state index in [0.29, 0.717) is 5.69 Å². The van der Waals surface area contributed by atoms with E-state index in [1.807, 2.05) is 24.3 Å². The standard InChI is InChI=1S/C22H33N2O5PS/c1-16(2)18-11-5-6-12-19(18)23(22(25)26)15-31-24(17-9-3-4-10-17)30(27)28-20-13-7-8-14-21(20)29-30/h5-6,11-12,16-17,20-21H,3-4,7-10,13-15H2,1-2H3,(H,25,26). The van der Waals surface area contributed by atoms with Crippen molar-refractivity contribution in [3.8, 4) is 0 Å². The molecule has 1 saturated heterocycles. The lowest BCUT2D eigenvalue weighted by Gasteiger charge is -2.32. The van der Waals surface area contributed by atoms with Gasteiger partial charge in [-0.2, -0.15) is 0 Å². The van der Waals surface area contributed by atoms with Crippen molar-refractivity contribution in [3.63, 3.8) is 0 Å². The van der Waals surface area contributed by atoms with Crippen molar-refractivity contribution in [2.75, 3.05) is 10.8 Å². The number of hydrogen-bond acceptors (Lipinski definition) is 5. The summed E-state index contributed by atoms with van der Waals surface area (Å²) in [6.45, 7) is 4.11. The summed E-state index contributed by atoms with van der Waals surface area (Å²) < 4.78 is 27.8. The van der Waals surface area contributed by atoms with Crippen molar-refractivity contribution in [1.29, 1.82) is 0 Å². The van der Waals surface area contributed by atoms with Crippen molar-refractivity contribution < 1.29 is 23.5 Å². The van der Waals surface area contributed by atoms with Crippen LogP contribution in [0.4, 0.5) is 10.5 Å². The number of rotatable bonds is 7. The quantitative estimate of drug-likeness (QED) is 0.274. The predicted molar refractivity (Wildman–Crippen MR) is 123 cm³/mol. The molecule has 0 spiro atoms. The maximum atomic E-state index is 13.9. The second-order valence-electron chi connectivity index (χ2n) is 8.96. The molecule has 0 aromatic heterocycles. The van der Waals surface area contributed by atoms with Crippen LogP contribution in [0.2, 0.25) is 0 Å². The van der Waals surface area contributed by atoms with Gasteiger partial charge in [0.15, 0.2) is 0 Å². The van der Waals surface area contributed by atoms with Gasteiger partial charge in [0, 0.05) is 6.04 Å². The molecule has 3 aliphatic rings. The normalized spacial score (nSPS) is 28.9. The monoisotopic (exact) mass is 468 g/mol. The first-order valence-electron chi connectivity index (χ1n) is 11.4. The number of anilines is 1. The molecule has 2 atom stereocenters. The zero-order valence-corrected chi connectivity index (χ0v) is 20.0. The highest BCUT2D eigenvalue weighted by atomic mass is 32.2. The minimum atomic E-state index is -3.47. The summed E-state index contributed by atoms with van der Waals surface area (Å²) >= 11 is 1.28. The van der Waals surface area contributed by atoms with E-state index in [2.05, 4.69) is 13.8 Å². The first-order chi connectivity index (χ1) is 14.9. The van der Waals surface area contributed by atoms with Crippen LogP contribution in [0.1, 0.15) is 76.7 Å². The second-order valence-corrected chi connectivity index (χ2v) is 11.9. The van der Waals surface area contributed by atoms with Gasteiger partial charge >= 0.3 is 13.8 Å². The number of carboxylic acid groups (broad SMARTS) is 1. The van der Waals surface area contributed by atoms with Crippen molar-refractivity contribution in [2.24, 2.45) is 0 Å². The highest BCUT2D eigenvalue weighted by molar-refractivity contribution is 8.01. The Bertz CT molecular complexity index is 814. The molecule has 1 amide bonds. The van der Waals surface area contributed by atoms with Gasteiger partial charge in [-0.25, -0.2) is 9.36 Å². The third-order valence-corrected chi connectivity index (χ3v) is 10.2. The molecule has 2 aliphatic carbocycles. The van der Waals surface area contributed by atoms with Gasteiger partial charge in [0.2, 0.25) is 0 Å². The van der Waals surface area contributed by atoms with Crippen molar-refractivity contribution in [3.05, 3.63) is 29.8 Å². The number of fused-ring (bicyclic) bond motifs is 1. The molecule has 0 bridgehead atoms. The van der Waals surface area contributed by atoms with Crippen LogP contribution in [0.15, 0.2) is 24.3 Å². The highest BCUT2D eigenvalue weighted by Crippen LogP contribution is 2.65. The van der Waals surface area contributed by atoms with Gasteiger partial charge in [0.1, 0.15) is 0 Å². The number of nitrogens with zero attached hydrogens (tertiary/aromatic N) is 2. The molecule has 1 aromatic carbocycles. The average Bonchev–Trinajstić information content (AvgIpc) is 3.38. The molecule has 172 valence electrons. The zero-order chi connectivity index (χ0) is 22.0. The molecule has 1 aromatic rings. The average molecular weight is 469 g/mol. The number of para-hydroxylation sites is 1. The number of carbonyl (C=O) groups is 1. The number of benzene rings is 1. The minimum absolute atomic E-state index is 0.0759. The lowest BCUT2D eigenvalue weighted by Crippen LogP contribution is -2.33. The van der Waals surface area contributed by atoms with Crippen LogP contribution in [-0.4, -0.2) is 39.4 Å². The number of hydrogen-bond donors (Lipinski definition) is 1. The van der Waals surface area contributed by atoms with E-state index in [4.69, 9.17) is 9.05 Å². The Balaban J connectivity index is 1.56. The Morgan fingerprint density at radius 3 is 2.26 bits per heavy atom. The Kier molecular flexibility index (Phi) is 7.34. The van der Waals surface area contributed by atoms with Crippen molar-refractivity contribution in [1.82, 2.24) is 4.08 Å². The third-order valence-electron chi connectivity index (χ3n) is 6.46. The van der Waals surface area contributed by atoms with Crippen LogP contribution in [-0.2, 0) is 13.6 Å². The summed E-state index contributed by atoms with van der Waals surface area (Å²) in [6, 6.07) is 7.66. The number of amides is 1. The fraction of sp³-hybridized carbons (Fsp3) is 0.682. The Labute approximate surface area is 189 Å². The molecular formula is C22H33N2O5PS. The summed E-state index contributed by atoms with van der Waals surface area (Å²) in [7, 11) is -3.47. The molecule has 3 fully saturated rings. The van der Waals surface area contributed by atoms with Crippen LogP contribution in [0, 0.1) is 0 Å². The van der Waals surface area contributed by atoms with E-state index >= 15 is 0 Å². The van der Waals surface area contributed by atoms with Gasteiger partial charge in [0.05, 0.1) is 23.8 Å². The van der Waals surface area contributed by atoms with E-state index in [0.717, 1.165) is 56.9 Å². The molecule has 1 N–H and O–H groups in total. The van der Waals surface area contributed by atoms with Crippen LogP contribution in [0.3, 0.4) is 0 Å². The second kappa shape index (κ2) is 9.84. The van der Waals surface area contributed by atoms with Gasteiger partial charge in [-0.15, -0.1) is 4.08 Å². The van der Waals surface area contributed by atoms with Crippen LogP contribution in [0.25, 0.3) is 0 Å². The van der Waals surface area contributed by atoms with Gasteiger partial charge in [-0.1, -0.05) is 57.7 Å². The fourth-order valence-corrected chi connectivity index (χ4v) is 8.72. The minimum Gasteiger partial charge on any atom is -0.465 e.